The second-order valence-corrected chi connectivity index (χ2v) is 6.27. The van der Waals surface area contributed by atoms with E-state index in [0.717, 1.165) is 0 Å². The maximum Gasteiger partial charge on any atom is 0.242 e. The maximum atomic E-state index is 12.1. The number of nitrogens with two attached hydrogens (primary N) is 1. The lowest BCUT2D eigenvalue weighted by atomic mass is 10.3. The molecule has 0 spiro atoms. The smallest absolute Gasteiger partial charge is 0.242 e. The van der Waals surface area contributed by atoms with E-state index in [0.29, 0.717) is 25.3 Å². The predicted octanol–water partition coefficient (Wildman–Crippen LogP) is 0.336. The first-order valence-electron chi connectivity index (χ1n) is 5.73. The lowest BCUT2D eigenvalue weighted by Gasteiger charge is -2.14. The van der Waals surface area contributed by atoms with Gasteiger partial charge in [0.05, 0.1) is 30.0 Å². The maximum absolute atomic E-state index is 12.1. The van der Waals surface area contributed by atoms with Gasteiger partial charge in [0, 0.05) is 13.3 Å². The molecule has 108 valence electrons. The molecule has 1 unspecified atom stereocenters. The summed E-state index contributed by atoms with van der Waals surface area (Å²) in [7, 11) is -2.05. The van der Waals surface area contributed by atoms with Crippen LogP contribution in [0, 0.1) is 0 Å². The van der Waals surface area contributed by atoms with Crippen molar-refractivity contribution in [1.82, 2.24) is 9.78 Å². The van der Waals surface area contributed by atoms with Gasteiger partial charge in [-0.2, -0.15) is 5.10 Å². The molecule has 0 aromatic carbocycles. The molecule has 0 amide bonds. The summed E-state index contributed by atoms with van der Waals surface area (Å²) in [5.74, 6) is 0. The summed E-state index contributed by atoms with van der Waals surface area (Å²) in [6.45, 7) is 2.76. The molecule has 0 aliphatic rings. The minimum absolute atomic E-state index is 0.0400. The Morgan fingerprint density at radius 2 is 2.37 bits per heavy atom. The van der Waals surface area contributed by atoms with Crippen LogP contribution in [-0.2, 0) is 21.3 Å². The fraction of sp³-hybridized carbons (Fsp3) is 0.600. The third-order valence-electron chi connectivity index (χ3n) is 2.48. The van der Waals surface area contributed by atoms with E-state index in [-0.39, 0.29) is 4.99 Å². The molecule has 1 rings (SSSR count). The molecule has 0 saturated heterocycles. The van der Waals surface area contributed by atoms with Crippen molar-refractivity contribution in [2.24, 2.45) is 5.73 Å². The van der Waals surface area contributed by atoms with E-state index >= 15 is 0 Å². The Hall–Kier alpha value is -1.19. The Kier molecular flexibility index (Phi) is 5.70. The van der Waals surface area contributed by atoms with Crippen molar-refractivity contribution < 1.29 is 13.2 Å². The highest BCUT2D eigenvalue weighted by Gasteiger charge is 2.26. The zero-order chi connectivity index (χ0) is 14.5. The normalized spacial score (nSPS) is 13.2. The molecule has 0 fully saturated rings. The van der Waals surface area contributed by atoms with Gasteiger partial charge in [0.2, 0.25) is 10.0 Å². The van der Waals surface area contributed by atoms with Gasteiger partial charge in [0.1, 0.15) is 5.25 Å². The van der Waals surface area contributed by atoms with Crippen LogP contribution in [0.1, 0.15) is 13.3 Å². The van der Waals surface area contributed by atoms with E-state index in [1.54, 1.807) is 24.9 Å². The number of nitrogens with one attached hydrogen (secondary N) is 1. The molecule has 0 radical (unpaired) electrons. The Balaban J connectivity index is 2.78. The Morgan fingerprint density at radius 3 is 2.89 bits per heavy atom. The molecule has 1 heterocycles. The second kappa shape index (κ2) is 6.83. The zero-order valence-corrected chi connectivity index (χ0v) is 12.5. The number of thiocarbonyl (C=S) groups is 1. The third-order valence-corrected chi connectivity index (χ3v) is 4.77. The van der Waals surface area contributed by atoms with Crippen molar-refractivity contribution in [2.45, 2.75) is 25.1 Å². The van der Waals surface area contributed by atoms with Gasteiger partial charge >= 0.3 is 0 Å². The monoisotopic (exact) mass is 306 g/mol. The first-order valence-corrected chi connectivity index (χ1v) is 7.68. The lowest BCUT2D eigenvalue weighted by Crippen LogP contribution is -2.37. The van der Waals surface area contributed by atoms with Crippen molar-refractivity contribution in [2.75, 3.05) is 18.4 Å². The fourth-order valence-electron chi connectivity index (χ4n) is 1.53. The van der Waals surface area contributed by atoms with Crippen molar-refractivity contribution in [3.8, 4) is 0 Å². The summed E-state index contributed by atoms with van der Waals surface area (Å²) in [5.41, 5.74) is 5.81. The SMILES string of the molecule is CCC(C(N)=S)S(=O)(=O)Nc1cnn(CCOC)c1. The highest BCUT2D eigenvalue weighted by molar-refractivity contribution is 7.95. The van der Waals surface area contributed by atoms with Gasteiger partial charge in [0.15, 0.2) is 0 Å². The Labute approximate surface area is 118 Å². The van der Waals surface area contributed by atoms with E-state index in [1.165, 1.54) is 6.20 Å². The second-order valence-electron chi connectivity index (χ2n) is 3.93. The molecule has 0 bridgehead atoms. The van der Waals surface area contributed by atoms with E-state index < -0.39 is 15.3 Å². The molecular weight excluding hydrogens is 288 g/mol. The number of aromatic nitrogens is 2. The summed E-state index contributed by atoms with van der Waals surface area (Å²) in [5, 5.41) is 3.13. The summed E-state index contributed by atoms with van der Waals surface area (Å²) in [4.78, 5) is -0.0400. The molecule has 3 N–H and O–H groups in total. The molecule has 0 saturated carbocycles. The average molecular weight is 306 g/mol. The first-order chi connectivity index (χ1) is 8.90. The van der Waals surface area contributed by atoms with Crippen LogP contribution >= 0.6 is 12.2 Å². The molecule has 1 aromatic heterocycles. The van der Waals surface area contributed by atoms with Crippen LogP contribution in [0.4, 0.5) is 5.69 Å². The number of hydrogen-bond donors (Lipinski definition) is 2. The predicted molar refractivity (Wildman–Crippen MR) is 77.5 cm³/mol. The average Bonchev–Trinajstić information content (AvgIpc) is 2.73. The number of anilines is 1. The molecular formula is C10H18N4O3S2. The van der Waals surface area contributed by atoms with Crippen LogP contribution in [0.5, 0.6) is 0 Å². The van der Waals surface area contributed by atoms with E-state index in [4.69, 9.17) is 22.7 Å². The van der Waals surface area contributed by atoms with Crippen molar-refractivity contribution in [3.63, 3.8) is 0 Å². The number of ether oxygens (including phenoxy) is 1. The molecule has 9 heteroatoms. The molecule has 19 heavy (non-hydrogen) atoms. The van der Waals surface area contributed by atoms with Crippen molar-refractivity contribution in [1.29, 1.82) is 0 Å². The van der Waals surface area contributed by atoms with E-state index in [1.807, 2.05) is 0 Å². The zero-order valence-electron chi connectivity index (χ0n) is 10.9. The third kappa shape index (κ3) is 4.44. The minimum Gasteiger partial charge on any atom is -0.392 e. The van der Waals surface area contributed by atoms with Crippen molar-refractivity contribution >= 4 is 32.9 Å². The van der Waals surface area contributed by atoms with Crippen LogP contribution < -0.4 is 10.5 Å². The van der Waals surface area contributed by atoms with Gasteiger partial charge in [-0.05, 0) is 6.42 Å². The van der Waals surface area contributed by atoms with Crippen LogP contribution in [0.25, 0.3) is 0 Å². The summed E-state index contributed by atoms with van der Waals surface area (Å²) in [6.07, 6.45) is 3.34. The lowest BCUT2D eigenvalue weighted by molar-refractivity contribution is 0.183. The van der Waals surface area contributed by atoms with Gasteiger partial charge < -0.3 is 10.5 Å². The summed E-state index contributed by atoms with van der Waals surface area (Å²) in [6, 6.07) is 0. The first kappa shape index (κ1) is 15.9. The van der Waals surface area contributed by atoms with Crippen LogP contribution in [-0.4, -0.2) is 42.2 Å². The topological polar surface area (TPSA) is 99.2 Å². The Bertz CT molecular complexity index is 527. The fourth-order valence-corrected chi connectivity index (χ4v) is 3.40. The highest BCUT2D eigenvalue weighted by atomic mass is 32.2. The summed E-state index contributed by atoms with van der Waals surface area (Å²) >= 11 is 4.76. The molecule has 0 aliphatic carbocycles. The largest absolute Gasteiger partial charge is 0.392 e. The Morgan fingerprint density at radius 1 is 1.68 bits per heavy atom. The molecule has 0 aliphatic heterocycles. The standard InChI is InChI=1S/C10H18N4O3S2/c1-3-9(10(11)18)19(15,16)13-8-6-12-14(7-8)4-5-17-2/h6-7,9,13H,3-5H2,1-2H3,(H2,11,18). The number of sulfonamides is 1. The van der Waals surface area contributed by atoms with Crippen molar-refractivity contribution in [3.05, 3.63) is 12.4 Å². The summed E-state index contributed by atoms with van der Waals surface area (Å²) < 4.78 is 33.0. The van der Waals surface area contributed by atoms with Crippen LogP contribution in [0.15, 0.2) is 12.4 Å². The minimum atomic E-state index is -3.63. The quantitative estimate of drug-likeness (QED) is 0.672. The number of nitrogens with zero attached hydrogens (tertiary/aromatic N) is 2. The van der Waals surface area contributed by atoms with Gasteiger partial charge in [-0.1, -0.05) is 19.1 Å². The highest BCUT2D eigenvalue weighted by Crippen LogP contribution is 2.13. The number of methoxy groups -OCH3 is 1. The number of hydrogen-bond acceptors (Lipinski definition) is 5. The molecule has 1 aromatic rings. The van der Waals surface area contributed by atoms with Gasteiger partial charge in [0.25, 0.3) is 0 Å². The van der Waals surface area contributed by atoms with E-state index in [9.17, 15) is 8.42 Å². The number of rotatable bonds is 8. The molecule has 1 atom stereocenters. The molecule has 7 nitrogen and oxygen atoms in total. The van der Waals surface area contributed by atoms with Gasteiger partial charge in [-0.3, -0.25) is 9.40 Å². The van der Waals surface area contributed by atoms with Crippen LogP contribution in [0.3, 0.4) is 0 Å². The van der Waals surface area contributed by atoms with Gasteiger partial charge in [-0.25, -0.2) is 8.42 Å². The van der Waals surface area contributed by atoms with Crippen LogP contribution in [0.2, 0.25) is 0 Å². The van der Waals surface area contributed by atoms with E-state index in [2.05, 4.69) is 9.82 Å². The van der Waals surface area contributed by atoms with Gasteiger partial charge in [-0.15, -0.1) is 0 Å².